The van der Waals surface area contributed by atoms with Crippen LogP contribution in [-0.2, 0) is 0 Å². The first kappa shape index (κ1) is 10.1. The maximum atomic E-state index is 12.6. The molecule has 0 aliphatic rings. The molecular formula is C11H6FN3O. The third-order valence-electron chi connectivity index (χ3n) is 1.79. The van der Waals surface area contributed by atoms with Gasteiger partial charge in [-0.05, 0) is 24.3 Å². The molecule has 0 unspecified atom stereocenters. The number of aromatic nitrogens is 2. The van der Waals surface area contributed by atoms with Crippen LogP contribution in [0.3, 0.4) is 0 Å². The molecule has 5 heteroatoms. The van der Waals surface area contributed by atoms with Gasteiger partial charge >= 0.3 is 0 Å². The minimum absolute atomic E-state index is 0.215. The molecule has 4 nitrogen and oxygen atoms in total. The second-order valence-corrected chi connectivity index (χ2v) is 2.91. The van der Waals surface area contributed by atoms with Crippen LogP contribution in [0.25, 0.3) is 0 Å². The highest BCUT2D eigenvalue weighted by atomic mass is 19.1. The fraction of sp³-hybridized carbons (Fsp3) is 0. The summed E-state index contributed by atoms with van der Waals surface area (Å²) in [5.74, 6) is 0.356. The van der Waals surface area contributed by atoms with Crippen LogP contribution in [0.4, 0.5) is 4.39 Å². The van der Waals surface area contributed by atoms with Gasteiger partial charge in [0.1, 0.15) is 29.7 Å². The quantitative estimate of drug-likeness (QED) is 0.771. The second kappa shape index (κ2) is 4.36. The van der Waals surface area contributed by atoms with Gasteiger partial charge in [0.15, 0.2) is 0 Å². The van der Waals surface area contributed by atoms with Crippen LogP contribution in [0.1, 0.15) is 5.69 Å². The van der Waals surface area contributed by atoms with Crippen LogP contribution >= 0.6 is 0 Å². The molecule has 0 spiro atoms. The van der Waals surface area contributed by atoms with Gasteiger partial charge in [0.25, 0.3) is 0 Å². The summed E-state index contributed by atoms with van der Waals surface area (Å²) in [6.07, 6.45) is 1.23. The van der Waals surface area contributed by atoms with Crippen molar-refractivity contribution >= 4 is 0 Å². The van der Waals surface area contributed by atoms with E-state index < -0.39 is 0 Å². The zero-order valence-corrected chi connectivity index (χ0v) is 8.09. The predicted octanol–water partition coefficient (Wildman–Crippen LogP) is 2.28. The Bertz CT molecular complexity index is 534. The first-order valence-electron chi connectivity index (χ1n) is 4.43. The van der Waals surface area contributed by atoms with Crippen molar-refractivity contribution in [1.82, 2.24) is 9.97 Å². The lowest BCUT2D eigenvalue weighted by Gasteiger charge is -2.03. The predicted molar refractivity (Wildman–Crippen MR) is 53.2 cm³/mol. The van der Waals surface area contributed by atoms with Crippen molar-refractivity contribution in [2.24, 2.45) is 0 Å². The molecule has 1 aromatic carbocycles. The second-order valence-electron chi connectivity index (χ2n) is 2.91. The summed E-state index contributed by atoms with van der Waals surface area (Å²) in [5, 5.41) is 8.62. The average Bonchev–Trinajstić information content (AvgIpc) is 2.32. The smallest absolute Gasteiger partial charge is 0.223 e. The summed E-state index contributed by atoms with van der Waals surface area (Å²) >= 11 is 0. The Hall–Kier alpha value is -2.48. The van der Waals surface area contributed by atoms with Crippen molar-refractivity contribution in [3.05, 3.63) is 48.2 Å². The number of ether oxygens (including phenoxy) is 1. The van der Waals surface area contributed by atoms with Gasteiger partial charge in [-0.25, -0.2) is 14.4 Å². The lowest BCUT2D eigenvalue weighted by Crippen LogP contribution is -1.91. The van der Waals surface area contributed by atoms with Gasteiger partial charge in [0, 0.05) is 6.07 Å². The van der Waals surface area contributed by atoms with E-state index >= 15 is 0 Å². The Morgan fingerprint density at radius 1 is 1.19 bits per heavy atom. The van der Waals surface area contributed by atoms with Gasteiger partial charge in [-0.1, -0.05) is 0 Å². The summed E-state index contributed by atoms with van der Waals surface area (Å²) in [7, 11) is 0. The van der Waals surface area contributed by atoms with Crippen LogP contribution in [0, 0.1) is 17.1 Å². The van der Waals surface area contributed by atoms with Crippen molar-refractivity contribution < 1.29 is 9.13 Å². The third-order valence-corrected chi connectivity index (χ3v) is 1.79. The van der Waals surface area contributed by atoms with Crippen LogP contribution in [0.2, 0.25) is 0 Å². The van der Waals surface area contributed by atoms with Crippen LogP contribution in [0.5, 0.6) is 11.6 Å². The van der Waals surface area contributed by atoms with Crippen LogP contribution in [-0.4, -0.2) is 9.97 Å². The molecule has 0 aliphatic heterocycles. The number of nitrogens with zero attached hydrogens (tertiary/aromatic N) is 3. The molecule has 0 atom stereocenters. The monoisotopic (exact) mass is 215 g/mol. The topological polar surface area (TPSA) is 58.8 Å². The molecule has 0 saturated carbocycles. The van der Waals surface area contributed by atoms with E-state index in [4.69, 9.17) is 10.00 Å². The molecule has 0 radical (unpaired) electrons. The number of benzene rings is 1. The number of nitriles is 1. The zero-order chi connectivity index (χ0) is 11.4. The number of rotatable bonds is 2. The maximum absolute atomic E-state index is 12.6. The molecule has 0 saturated heterocycles. The zero-order valence-electron chi connectivity index (χ0n) is 8.09. The maximum Gasteiger partial charge on any atom is 0.223 e. The fourth-order valence-corrected chi connectivity index (χ4v) is 1.08. The van der Waals surface area contributed by atoms with Gasteiger partial charge < -0.3 is 4.74 Å². The third kappa shape index (κ3) is 2.30. The Morgan fingerprint density at radius 3 is 2.62 bits per heavy atom. The van der Waals surface area contributed by atoms with E-state index in [-0.39, 0.29) is 17.4 Å². The van der Waals surface area contributed by atoms with Crippen molar-refractivity contribution in [1.29, 1.82) is 5.26 Å². The summed E-state index contributed by atoms with van der Waals surface area (Å²) in [5.41, 5.74) is 0.215. The van der Waals surface area contributed by atoms with E-state index in [2.05, 4.69) is 9.97 Å². The van der Waals surface area contributed by atoms with Gasteiger partial charge in [-0.2, -0.15) is 5.26 Å². The molecule has 2 rings (SSSR count). The van der Waals surface area contributed by atoms with Crippen molar-refractivity contribution in [3.63, 3.8) is 0 Å². The molecule has 2 aromatic rings. The number of hydrogen-bond donors (Lipinski definition) is 0. The van der Waals surface area contributed by atoms with Crippen molar-refractivity contribution in [3.8, 4) is 17.7 Å². The standard InChI is InChI=1S/C11H6FN3O/c12-8-1-3-10(4-2-8)16-11-5-9(6-13)14-7-15-11/h1-5,7H. The first-order chi connectivity index (χ1) is 7.78. The molecule has 0 N–H and O–H groups in total. The minimum Gasteiger partial charge on any atom is -0.439 e. The molecule has 0 fully saturated rings. The van der Waals surface area contributed by atoms with Gasteiger partial charge in [0.2, 0.25) is 5.88 Å². The normalized spacial score (nSPS) is 9.50. The molecule has 1 aromatic heterocycles. The number of halogens is 1. The number of hydrogen-bond acceptors (Lipinski definition) is 4. The van der Waals surface area contributed by atoms with E-state index in [0.717, 1.165) is 0 Å². The van der Waals surface area contributed by atoms with E-state index in [9.17, 15) is 4.39 Å². The fourth-order valence-electron chi connectivity index (χ4n) is 1.08. The average molecular weight is 215 g/mol. The lowest BCUT2D eigenvalue weighted by atomic mass is 10.3. The molecule has 16 heavy (non-hydrogen) atoms. The Kier molecular flexibility index (Phi) is 2.74. The highest BCUT2D eigenvalue weighted by Gasteiger charge is 2.01. The van der Waals surface area contributed by atoms with Crippen molar-refractivity contribution in [2.45, 2.75) is 0 Å². The van der Waals surface area contributed by atoms with Gasteiger partial charge in [-0.3, -0.25) is 0 Å². The van der Waals surface area contributed by atoms with Crippen molar-refractivity contribution in [2.75, 3.05) is 0 Å². The summed E-state index contributed by atoms with van der Waals surface area (Å²) in [4.78, 5) is 7.53. The SMILES string of the molecule is N#Cc1cc(Oc2ccc(F)cc2)ncn1. The molecule has 0 amide bonds. The van der Waals surface area contributed by atoms with Crippen LogP contribution in [0.15, 0.2) is 36.7 Å². The molecule has 0 aliphatic carbocycles. The first-order valence-corrected chi connectivity index (χ1v) is 4.43. The van der Waals surface area contributed by atoms with Crippen LogP contribution < -0.4 is 4.74 Å². The molecule has 78 valence electrons. The molecular weight excluding hydrogens is 209 g/mol. The van der Waals surface area contributed by atoms with Gasteiger partial charge in [0.05, 0.1) is 0 Å². The minimum atomic E-state index is -0.340. The van der Waals surface area contributed by atoms with E-state index in [1.807, 2.05) is 6.07 Å². The van der Waals surface area contributed by atoms with E-state index in [1.165, 1.54) is 36.7 Å². The Balaban J connectivity index is 2.21. The Labute approximate surface area is 91.0 Å². The molecule has 0 bridgehead atoms. The summed E-state index contributed by atoms with van der Waals surface area (Å²) in [6.45, 7) is 0. The molecule has 1 heterocycles. The van der Waals surface area contributed by atoms with E-state index in [0.29, 0.717) is 5.75 Å². The largest absolute Gasteiger partial charge is 0.439 e. The summed E-state index contributed by atoms with van der Waals surface area (Å²) < 4.78 is 17.9. The highest BCUT2D eigenvalue weighted by molar-refractivity contribution is 5.30. The van der Waals surface area contributed by atoms with Gasteiger partial charge in [-0.15, -0.1) is 0 Å². The highest BCUT2D eigenvalue weighted by Crippen LogP contribution is 2.19. The Morgan fingerprint density at radius 2 is 1.94 bits per heavy atom. The lowest BCUT2D eigenvalue weighted by molar-refractivity contribution is 0.459. The van der Waals surface area contributed by atoms with E-state index in [1.54, 1.807) is 0 Å². The summed E-state index contributed by atoms with van der Waals surface area (Å²) in [6, 6.07) is 8.79.